The molecule has 0 aromatic carbocycles. The second-order valence-corrected chi connectivity index (χ2v) is 5.45. The van der Waals surface area contributed by atoms with Gasteiger partial charge in [-0.05, 0) is 27.7 Å². The van der Waals surface area contributed by atoms with E-state index < -0.39 is 5.60 Å². The summed E-state index contributed by atoms with van der Waals surface area (Å²) in [6, 6.07) is 0. The van der Waals surface area contributed by atoms with E-state index in [-0.39, 0.29) is 11.7 Å². The molecule has 0 spiro atoms. The topological polar surface area (TPSA) is 67.3 Å². The van der Waals surface area contributed by atoms with E-state index in [9.17, 15) is 9.59 Å². The second-order valence-electron chi connectivity index (χ2n) is 5.45. The van der Waals surface area contributed by atoms with Crippen LogP contribution in [0.15, 0.2) is 4.79 Å². The van der Waals surface area contributed by atoms with E-state index in [2.05, 4.69) is 5.10 Å². The summed E-state index contributed by atoms with van der Waals surface area (Å²) in [5, 5.41) is 3.01. The third-order valence-electron chi connectivity index (χ3n) is 2.80. The first kappa shape index (κ1) is 12.7. The molecule has 0 fully saturated rings. The summed E-state index contributed by atoms with van der Waals surface area (Å²) < 4.78 is 6.84. The van der Waals surface area contributed by atoms with Crippen molar-refractivity contribution in [3.05, 3.63) is 21.6 Å². The number of amides is 1. The van der Waals surface area contributed by atoms with Crippen LogP contribution in [0.2, 0.25) is 0 Å². The lowest BCUT2D eigenvalue weighted by Gasteiger charge is -2.24. The molecule has 0 unspecified atom stereocenters. The highest BCUT2D eigenvalue weighted by Crippen LogP contribution is 2.20. The van der Waals surface area contributed by atoms with E-state index >= 15 is 0 Å². The zero-order chi connectivity index (χ0) is 13.5. The van der Waals surface area contributed by atoms with E-state index in [0.29, 0.717) is 25.2 Å². The fraction of sp³-hybridized carbons (Fsp3) is 0.667. The van der Waals surface area contributed by atoms with Crippen LogP contribution in [0.1, 0.15) is 39.0 Å². The Morgan fingerprint density at radius 1 is 1.39 bits per heavy atom. The first-order valence-electron chi connectivity index (χ1n) is 6.10. The first-order valence-corrected chi connectivity index (χ1v) is 6.10. The molecular formula is C12H19N3O3. The molecule has 100 valence electrons. The lowest BCUT2D eigenvalue weighted by Crippen LogP contribution is -2.34. The largest absolute Gasteiger partial charge is 0.444 e. The average molecular weight is 253 g/mol. The smallest absolute Gasteiger partial charge is 0.410 e. The quantitative estimate of drug-likeness (QED) is 0.823. The molecule has 1 amide bonds. The number of hydrogen-bond acceptors (Lipinski definition) is 3. The Morgan fingerprint density at radius 3 is 2.56 bits per heavy atom. The number of nitrogens with one attached hydrogen (secondary N) is 1. The molecule has 0 bridgehead atoms. The lowest BCUT2D eigenvalue weighted by molar-refractivity contribution is 0.0238. The fourth-order valence-corrected chi connectivity index (χ4v) is 1.98. The van der Waals surface area contributed by atoms with Crippen molar-refractivity contribution >= 4 is 6.09 Å². The third kappa shape index (κ3) is 2.27. The van der Waals surface area contributed by atoms with Gasteiger partial charge < -0.3 is 4.74 Å². The number of aryl methyl sites for hydroxylation is 1. The number of H-pyrrole nitrogens is 1. The number of fused-ring (bicyclic) bond motifs is 1. The molecule has 1 N–H and O–H groups in total. The van der Waals surface area contributed by atoms with Gasteiger partial charge >= 0.3 is 6.09 Å². The molecule has 0 saturated heterocycles. The number of aromatic nitrogens is 2. The summed E-state index contributed by atoms with van der Waals surface area (Å²) in [4.78, 5) is 25.3. The summed E-state index contributed by atoms with van der Waals surface area (Å²) in [6.07, 6.45) is -0.380. The molecular weight excluding hydrogens is 234 g/mol. The number of rotatable bonds is 1. The van der Waals surface area contributed by atoms with Gasteiger partial charge in [0, 0.05) is 6.54 Å². The summed E-state index contributed by atoms with van der Waals surface area (Å²) >= 11 is 0. The highest BCUT2D eigenvalue weighted by molar-refractivity contribution is 5.69. The monoisotopic (exact) mass is 253 g/mol. The molecule has 2 rings (SSSR count). The van der Waals surface area contributed by atoms with E-state index in [1.807, 2.05) is 27.7 Å². The van der Waals surface area contributed by atoms with Crippen LogP contribution in [0.25, 0.3) is 0 Å². The second kappa shape index (κ2) is 4.19. The number of ether oxygens (including phenoxy) is 1. The zero-order valence-corrected chi connectivity index (χ0v) is 11.2. The van der Waals surface area contributed by atoms with Crippen LogP contribution in [0, 0.1) is 0 Å². The van der Waals surface area contributed by atoms with Crippen molar-refractivity contribution in [1.29, 1.82) is 0 Å². The van der Waals surface area contributed by atoms with Crippen molar-refractivity contribution in [1.82, 2.24) is 14.7 Å². The Labute approximate surface area is 106 Å². The minimum Gasteiger partial charge on any atom is -0.444 e. The van der Waals surface area contributed by atoms with Gasteiger partial charge in [0.25, 0.3) is 5.56 Å². The number of aromatic amines is 1. The van der Waals surface area contributed by atoms with Crippen LogP contribution in [0.5, 0.6) is 0 Å². The molecule has 0 atom stereocenters. The highest BCUT2D eigenvalue weighted by atomic mass is 16.6. The van der Waals surface area contributed by atoms with Gasteiger partial charge in [0.2, 0.25) is 0 Å². The Kier molecular flexibility index (Phi) is 2.96. The normalized spacial score (nSPS) is 14.8. The Bertz CT molecular complexity index is 522. The van der Waals surface area contributed by atoms with Crippen LogP contribution >= 0.6 is 0 Å². The number of carbonyl (C=O) groups excluding carboxylic acids is 1. The van der Waals surface area contributed by atoms with E-state index in [4.69, 9.17) is 4.74 Å². The maximum atomic E-state index is 11.9. The van der Waals surface area contributed by atoms with Crippen LogP contribution < -0.4 is 5.56 Å². The van der Waals surface area contributed by atoms with Crippen molar-refractivity contribution in [2.24, 2.45) is 0 Å². The van der Waals surface area contributed by atoms with Crippen molar-refractivity contribution in [3.63, 3.8) is 0 Å². The predicted molar refractivity (Wildman–Crippen MR) is 66.2 cm³/mol. The SMILES string of the molecule is CCn1[nH]c2c(c1=O)CN(C(=O)OC(C)(C)C)C2. The van der Waals surface area contributed by atoms with Crippen molar-refractivity contribution in [2.45, 2.75) is 52.9 Å². The minimum atomic E-state index is -0.517. The van der Waals surface area contributed by atoms with Crippen LogP contribution in [0.3, 0.4) is 0 Å². The molecule has 1 aliphatic rings. The van der Waals surface area contributed by atoms with Gasteiger partial charge in [-0.2, -0.15) is 0 Å². The molecule has 6 nitrogen and oxygen atoms in total. The van der Waals surface area contributed by atoms with Crippen molar-refractivity contribution in [2.75, 3.05) is 0 Å². The van der Waals surface area contributed by atoms with Crippen LogP contribution in [-0.2, 0) is 24.4 Å². The average Bonchev–Trinajstić information content (AvgIpc) is 2.76. The molecule has 6 heteroatoms. The molecule has 0 aliphatic carbocycles. The number of carbonyl (C=O) groups is 1. The minimum absolute atomic E-state index is 0.0430. The van der Waals surface area contributed by atoms with Gasteiger partial charge in [0.1, 0.15) is 5.60 Å². The molecule has 1 aromatic rings. The van der Waals surface area contributed by atoms with Gasteiger partial charge in [-0.15, -0.1) is 0 Å². The predicted octanol–water partition coefficient (Wildman–Crippen LogP) is 1.45. The molecule has 0 radical (unpaired) electrons. The standard InChI is InChI=1S/C12H19N3O3/c1-5-15-10(16)8-6-14(7-9(8)13-15)11(17)18-12(2,3)4/h13H,5-7H2,1-4H3. The number of hydrogen-bond donors (Lipinski definition) is 1. The van der Waals surface area contributed by atoms with Gasteiger partial charge in [-0.3, -0.25) is 19.5 Å². The Balaban J connectivity index is 2.11. The molecule has 1 aromatic heterocycles. The Morgan fingerprint density at radius 2 is 2.06 bits per heavy atom. The molecule has 2 heterocycles. The molecule has 0 saturated carbocycles. The zero-order valence-electron chi connectivity index (χ0n) is 11.2. The van der Waals surface area contributed by atoms with Gasteiger partial charge in [0.05, 0.1) is 24.3 Å². The van der Waals surface area contributed by atoms with Gasteiger partial charge in [-0.1, -0.05) is 0 Å². The highest BCUT2D eigenvalue weighted by Gasteiger charge is 2.31. The number of nitrogens with zero attached hydrogens (tertiary/aromatic N) is 2. The Hall–Kier alpha value is -1.72. The van der Waals surface area contributed by atoms with E-state index in [0.717, 1.165) is 5.69 Å². The van der Waals surface area contributed by atoms with Crippen LogP contribution in [-0.4, -0.2) is 26.4 Å². The van der Waals surface area contributed by atoms with Crippen LogP contribution in [0.4, 0.5) is 4.79 Å². The van der Waals surface area contributed by atoms with Crippen molar-refractivity contribution in [3.8, 4) is 0 Å². The van der Waals surface area contributed by atoms with E-state index in [1.165, 1.54) is 4.90 Å². The maximum Gasteiger partial charge on any atom is 0.410 e. The van der Waals surface area contributed by atoms with Gasteiger partial charge in [-0.25, -0.2) is 4.79 Å². The summed E-state index contributed by atoms with van der Waals surface area (Å²) in [6.45, 7) is 8.72. The summed E-state index contributed by atoms with van der Waals surface area (Å²) in [5.74, 6) is 0. The van der Waals surface area contributed by atoms with E-state index in [1.54, 1.807) is 4.68 Å². The van der Waals surface area contributed by atoms with Gasteiger partial charge in [0.15, 0.2) is 0 Å². The summed E-state index contributed by atoms with van der Waals surface area (Å²) in [5.41, 5.74) is 0.922. The third-order valence-corrected chi connectivity index (χ3v) is 2.80. The maximum absolute atomic E-state index is 11.9. The molecule has 1 aliphatic heterocycles. The lowest BCUT2D eigenvalue weighted by atomic mass is 10.2. The fourth-order valence-electron chi connectivity index (χ4n) is 1.98. The summed E-state index contributed by atoms with van der Waals surface area (Å²) in [7, 11) is 0. The molecule has 18 heavy (non-hydrogen) atoms. The van der Waals surface area contributed by atoms with Crippen molar-refractivity contribution < 1.29 is 9.53 Å². The first-order chi connectivity index (χ1) is 8.31.